The van der Waals surface area contributed by atoms with Crippen LogP contribution in [-0.2, 0) is 11.2 Å². The summed E-state index contributed by atoms with van der Waals surface area (Å²) in [6.07, 6.45) is 0.581. The number of aromatic nitrogens is 2. The molecule has 6 heteroatoms. The number of rotatable bonds is 6. The van der Waals surface area contributed by atoms with E-state index in [0.29, 0.717) is 17.5 Å². The van der Waals surface area contributed by atoms with Crippen molar-refractivity contribution in [3.8, 4) is 0 Å². The van der Waals surface area contributed by atoms with E-state index in [9.17, 15) is 4.79 Å². The SMILES string of the molecule is Cc1cccc(C)c1NC(=O)[C@H](C)Sc1nnc(Cc2ccccc2)o1. The first-order valence-electron chi connectivity index (χ1n) is 8.43. The molecule has 26 heavy (non-hydrogen) atoms. The van der Waals surface area contributed by atoms with Gasteiger partial charge in [0.2, 0.25) is 11.8 Å². The van der Waals surface area contributed by atoms with E-state index in [2.05, 4.69) is 15.5 Å². The van der Waals surface area contributed by atoms with Crippen molar-refractivity contribution in [3.63, 3.8) is 0 Å². The van der Waals surface area contributed by atoms with Gasteiger partial charge in [0, 0.05) is 5.69 Å². The molecule has 134 valence electrons. The number of para-hydroxylation sites is 1. The Morgan fingerprint density at radius 1 is 1.08 bits per heavy atom. The van der Waals surface area contributed by atoms with Crippen molar-refractivity contribution in [2.75, 3.05) is 5.32 Å². The second-order valence-electron chi connectivity index (χ2n) is 6.14. The number of carbonyl (C=O) groups is 1. The highest BCUT2D eigenvalue weighted by molar-refractivity contribution is 8.00. The Kier molecular flexibility index (Phi) is 5.73. The van der Waals surface area contributed by atoms with Crippen LogP contribution in [0.2, 0.25) is 0 Å². The number of thioether (sulfide) groups is 1. The summed E-state index contributed by atoms with van der Waals surface area (Å²) in [5.41, 5.74) is 4.05. The number of hydrogen-bond acceptors (Lipinski definition) is 5. The summed E-state index contributed by atoms with van der Waals surface area (Å²) < 4.78 is 5.67. The van der Waals surface area contributed by atoms with E-state index >= 15 is 0 Å². The van der Waals surface area contributed by atoms with Crippen LogP contribution >= 0.6 is 11.8 Å². The maximum atomic E-state index is 12.5. The third kappa shape index (κ3) is 4.52. The zero-order chi connectivity index (χ0) is 18.5. The van der Waals surface area contributed by atoms with Gasteiger partial charge in [0.1, 0.15) is 0 Å². The predicted octanol–water partition coefficient (Wildman–Crippen LogP) is 4.40. The summed E-state index contributed by atoms with van der Waals surface area (Å²) in [6, 6.07) is 15.9. The van der Waals surface area contributed by atoms with Gasteiger partial charge in [-0.15, -0.1) is 10.2 Å². The van der Waals surface area contributed by atoms with Gasteiger partial charge < -0.3 is 9.73 Å². The number of nitrogens with zero attached hydrogens (tertiary/aromatic N) is 2. The molecule has 0 bridgehead atoms. The number of amides is 1. The molecule has 1 aromatic heterocycles. The fourth-order valence-electron chi connectivity index (χ4n) is 2.57. The topological polar surface area (TPSA) is 68.0 Å². The van der Waals surface area contributed by atoms with Crippen LogP contribution in [0.25, 0.3) is 0 Å². The third-order valence-corrected chi connectivity index (χ3v) is 4.96. The third-order valence-electron chi connectivity index (χ3n) is 4.02. The summed E-state index contributed by atoms with van der Waals surface area (Å²) in [7, 11) is 0. The van der Waals surface area contributed by atoms with Crippen LogP contribution < -0.4 is 5.32 Å². The molecule has 0 aliphatic carbocycles. The summed E-state index contributed by atoms with van der Waals surface area (Å²) in [5.74, 6) is 0.455. The van der Waals surface area contributed by atoms with Crippen LogP contribution in [0.3, 0.4) is 0 Å². The minimum Gasteiger partial charge on any atom is -0.416 e. The molecular weight excluding hydrogens is 346 g/mol. The van der Waals surface area contributed by atoms with Crippen molar-refractivity contribution in [2.24, 2.45) is 0 Å². The van der Waals surface area contributed by atoms with E-state index in [0.717, 1.165) is 22.4 Å². The summed E-state index contributed by atoms with van der Waals surface area (Å²) in [6.45, 7) is 5.79. The molecule has 1 atom stereocenters. The van der Waals surface area contributed by atoms with E-state index in [-0.39, 0.29) is 11.2 Å². The quantitative estimate of drug-likeness (QED) is 0.654. The lowest BCUT2D eigenvalue weighted by atomic mass is 10.1. The number of benzene rings is 2. The Labute approximate surface area is 157 Å². The second-order valence-corrected chi connectivity index (χ2v) is 7.43. The molecule has 0 unspecified atom stereocenters. The molecule has 0 spiro atoms. The van der Waals surface area contributed by atoms with Crippen LogP contribution in [0.4, 0.5) is 5.69 Å². The average molecular weight is 367 g/mol. The van der Waals surface area contributed by atoms with E-state index in [1.54, 1.807) is 0 Å². The molecule has 0 saturated heterocycles. The minimum atomic E-state index is -0.348. The van der Waals surface area contributed by atoms with Crippen molar-refractivity contribution < 1.29 is 9.21 Å². The molecule has 5 nitrogen and oxygen atoms in total. The fourth-order valence-corrected chi connectivity index (χ4v) is 3.27. The highest BCUT2D eigenvalue weighted by Crippen LogP contribution is 2.25. The first-order valence-corrected chi connectivity index (χ1v) is 9.31. The lowest BCUT2D eigenvalue weighted by Gasteiger charge is -2.14. The number of carbonyl (C=O) groups excluding carboxylic acids is 1. The van der Waals surface area contributed by atoms with Crippen molar-refractivity contribution in [3.05, 3.63) is 71.1 Å². The van der Waals surface area contributed by atoms with Crippen molar-refractivity contribution >= 4 is 23.4 Å². The Balaban J connectivity index is 1.61. The van der Waals surface area contributed by atoms with Gasteiger partial charge >= 0.3 is 0 Å². The van der Waals surface area contributed by atoms with Gasteiger partial charge in [-0.2, -0.15) is 0 Å². The van der Waals surface area contributed by atoms with Crippen LogP contribution in [0.15, 0.2) is 58.2 Å². The van der Waals surface area contributed by atoms with Crippen LogP contribution in [0.1, 0.15) is 29.5 Å². The Hall–Kier alpha value is -2.60. The maximum absolute atomic E-state index is 12.5. The number of aryl methyl sites for hydroxylation is 2. The highest BCUT2D eigenvalue weighted by atomic mass is 32.2. The summed E-state index contributed by atoms with van der Waals surface area (Å²) in [5, 5.41) is 11.2. The fraction of sp³-hybridized carbons (Fsp3) is 0.250. The molecule has 0 fully saturated rings. The number of anilines is 1. The molecule has 1 amide bonds. The first-order chi connectivity index (χ1) is 12.5. The molecule has 1 heterocycles. The molecular formula is C20H21N3O2S. The van der Waals surface area contributed by atoms with Crippen molar-refractivity contribution in [1.29, 1.82) is 0 Å². The Morgan fingerprint density at radius 3 is 2.46 bits per heavy atom. The molecule has 3 aromatic rings. The summed E-state index contributed by atoms with van der Waals surface area (Å²) >= 11 is 1.26. The molecule has 2 aromatic carbocycles. The largest absolute Gasteiger partial charge is 0.416 e. The smallest absolute Gasteiger partial charge is 0.277 e. The molecule has 0 aliphatic heterocycles. The Bertz CT molecular complexity index is 873. The molecule has 0 saturated carbocycles. The van der Waals surface area contributed by atoms with E-state index in [1.165, 1.54) is 11.8 Å². The standard InChI is InChI=1S/C20H21N3O2S/c1-13-8-7-9-14(2)18(13)21-19(24)15(3)26-20-23-22-17(25-20)12-16-10-5-4-6-11-16/h4-11,15H,12H2,1-3H3,(H,21,24)/t15-/m0/s1. The van der Waals surface area contributed by atoms with Crippen molar-refractivity contribution in [1.82, 2.24) is 10.2 Å². The minimum absolute atomic E-state index is 0.0878. The van der Waals surface area contributed by atoms with E-state index in [4.69, 9.17) is 4.42 Å². The lowest BCUT2D eigenvalue weighted by Crippen LogP contribution is -2.23. The van der Waals surface area contributed by atoms with Crippen LogP contribution in [-0.4, -0.2) is 21.4 Å². The second kappa shape index (κ2) is 8.19. The van der Waals surface area contributed by atoms with Gasteiger partial charge in [-0.05, 0) is 37.5 Å². The van der Waals surface area contributed by atoms with Crippen LogP contribution in [0, 0.1) is 13.8 Å². The maximum Gasteiger partial charge on any atom is 0.277 e. The predicted molar refractivity (Wildman–Crippen MR) is 103 cm³/mol. The lowest BCUT2D eigenvalue weighted by molar-refractivity contribution is -0.115. The van der Waals surface area contributed by atoms with E-state index in [1.807, 2.05) is 69.3 Å². The van der Waals surface area contributed by atoms with Gasteiger partial charge in [-0.3, -0.25) is 4.79 Å². The van der Waals surface area contributed by atoms with E-state index < -0.39 is 0 Å². The zero-order valence-electron chi connectivity index (χ0n) is 15.0. The molecule has 0 radical (unpaired) electrons. The van der Waals surface area contributed by atoms with Crippen molar-refractivity contribution in [2.45, 2.75) is 37.7 Å². The monoisotopic (exact) mass is 367 g/mol. The van der Waals surface area contributed by atoms with Gasteiger partial charge in [-0.1, -0.05) is 60.3 Å². The normalized spacial score (nSPS) is 12.0. The molecule has 3 rings (SSSR count). The molecule has 0 aliphatic rings. The van der Waals surface area contributed by atoms with Gasteiger partial charge in [0.25, 0.3) is 5.22 Å². The van der Waals surface area contributed by atoms with Crippen LogP contribution in [0.5, 0.6) is 0 Å². The van der Waals surface area contributed by atoms with Gasteiger partial charge in [0.15, 0.2) is 0 Å². The number of hydrogen-bond donors (Lipinski definition) is 1. The number of nitrogens with one attached hydrogen (secondary N) is 1. The average Bonchev–Trinajstić information content (AvgIpc) is 3.05. The van der Waals surface area contributed by atoms with Gasteiger partial charge in [0.05, 0.1) is 11.7 Å². The Morgan fingerprint density at radius 2 is 1.77 bits per heavy atom. The van der Waals surface area contributed by atoms with Gasteiger partial charge in [-0.25, -0.2) is 0 Å². The summed E-state index contributed by atoms with van der Waals surface area (Å²) in [4.78, 5) is 12.5. The first kappa shape index (κ1) is 18.2. The molecule has 1 N–H and O–H groups in total. The zero-order valence-corrected chi connectivity index (χ0v) is 15.8. The highest BCUT2D eigenvalue weighted by Gasteiger charge is 2.19.